The average Bonchev–Trinajstić information content (AvgIpc) is 2.72. The van der Waals surface area contributed by atoms with Gasteiger partial charge in [0.15, 0.2) is 0 Å². The van der Waals surface area contributed by atoms with Crippen LogP contribution < -0.4 is 9.62 Å². The van der Waals surface area contributed by atoms with Crippen LogP contribution in [-0.2, 0) is 26.2 Å². The van der Waals surface area contributed by atoms with Crippen LogP contribution in [0.15, 0.2) is 53.0 Å². The minimum atomic E-state index is -3.76. The monoisotopic (exact) mass is 543 g/mol. The molecular weight excluding hydrogens is 518 g/mol. The molecule has 1 atom stereocenters. The highest BCUT2D eigenvalue weighted by Crippen LogP contribution is 2.23. The summed E-state index contributed by atoms with van der Waals surface area (Å²) in [6, 6.07) is 12.8. The third-order valence-corrected chi connectivity index (χ3v) is 6.60. The lowest BCUT2D eigenvalue weighted by Crippen LogP contribution is -2.51. The molecule has 1 N–H and O–H groups in total. The Balaban J connectivity index is 2.37. The molecule has 0 fully saturated rings. The first-order valence-corrected chi connectivity index (χ1v) is 13.1. The maximum absolute atomic E-state index is 13.4. The molecule has 0 saturated carbocycles. The van der Waals surface area contributed by atoms with Crippen LogP contribution in [0, 0.1) is 0 Å². The molecule has 0 aliphatic heterocycles. The van der Waals surface area contributed by atoms with Gasteiger partial charge in [-0.3, -0.25) is 13.9 Å². The normalized spacial score (nSPS) is 12.2. The summed E-state index contributed by atoms with van der Waals surface area (Å²) in [6.07, 6.45) is 1.80. The third kappa shape index (κ3) is 7.50. The highest BCUT2D eigenvalue weighted by molar-refractivity contribution is 9.10. The number of rotatable bonds is 10. The molecule has 0 spiro atoms. The fourth-order valence-corrected chi connectivity index (χ4v) is 4.50. The first-order chi connectivity index (χ1) is 15.0. The van der Waals surface area contributed by atoms with Crippen molar-refractivity contribution in [3.63, 3.8) is 0 Å². The van der Waals surface area contributed by atoms with Crippen LogP contribution >= 0.6 is 27.5 Å². The summed E-state index contributed by atoms with van der Waals surface area (Å²) in [5.41, 5.74) is 1.08. The van der Waals surface area contributed by atoms with E-state index in [4.69, 9.17) is 11.6 Å². The van der Waals surface area contributed by atoms with E-state index in [-0.39, 0.29) is 12.5 Å². The van der Waals surface area contributed by atoms with E-state index < -0.39 is 28.5 Å². The van der Waals surface area contributed by atoms with Crippen molar-refractivity contribution in [1.29, 1.82) is 0 Å². The maximum Gasteiger partial charge on any atom is 0.244 e. The van der Waals surface area contributed by atoms with Gasteiger partial charge < -0.3 is 10.2 Å². The van der Waals surface area contributed by atoms with Crippen LogP contribution in [0.1, 0.15) is 25.8 Å². The van der Waals surface area contributed by atoms with Crippen molar-refractivity contribution >= 4 is 55.1 Å². The largest absolute Gasteiger partial charge is 0.354 e. The molecule has 0 aliphatic carbocycles. The minimum absolute atomic E-state index is 0.107. The van der Waals surface area contributed by atoms with Gasteiger partial charge in [0.05, 0.1) is 11.9 Å². The molecule has 10 heteroatoms. The zero-order valence-electron chi connectivity index (χ0n) is 18.2. The number of halogens is 2. The van der Waals surface area contributed by atoms with E-state index in [9.17, 15) is 18.0 Å². The highest BCUT2D eigenvalue weighted by Gasteiger charge is 2.30. The number of amides is 2. The van der Waals surface area contributed by atoms with Crippen LogP contribution in [0.4, 0.5) is 5.69 Å². The van der Waals surface area contributed by atoms with E-state index in [1.807, 2.05) is 6.92 Å². The molecule has 0 radical (unpaired) electrons. The van der Waals surface area contributed by atoms with Gasteiger partial charge in [-0.05, 0) is 49.2 Å². The number of hydrogen-bond donors (Lipinski definition) is 1. The van der Waals surface area contributed by atoms with Gasteiger partial charge in [0.2, 0.25) is 21.8 Å². The van der Waals surface area contributed by atoms with Gasteiger partial charge in [-0.25, -0.2) is 8.42 Å². The summed E-state index contributed by atoms with van der Waals surface area (Å²) in [6.45, 7) is 3.70. The molecule has 0 bridgehead atoms. The third-order valence-electron chi connectivity index (χ3n) is 4.73. The number of sulfonamides is 1. The van der Waals surface area contributed by atoms with Crippen LogP contribution in [0.2, 0.25) is 5.02 Å². The number of carbonyl (C=O) groups is 2. The quantitative estimate of drug-likeness (QED) is 0.493. The number of nitrogens with one attached hydrogen (secondary N) is 1. The Morgan fingerprint density at radius 3 is 2.44 bits per heavy atom. The van der Waals surface area contributed by atoms with Gasteiger partial charge in [-0.1, -0.05) is 52.7 Å². The van der Waals surface area contributed by atoms with Crippen molar-refractivity contribution in [2.45, 2.75) is 32.9 Å². The summed E-state index contributed by atoms with van der Waals surface area (Å²) in [5.74, 6) is -0.815. The Morgan fingerprint density at radius 2 is 1.84 bits per heavy atom. The molecular formula is C22H27BrClN3O4S. The lowest BCUT2D eigenvalue weighted by atomic mass is 10.1. The van der Waals surface area contributed by atoms with Crippen molar-refractivity contribution in [2.75, 3.05) is 23.7 Å². The molecule has 0 unspecified atom stereocenters. The summed E-state index contributed by atoms with van der Waals surface area (Å²) >= 11 is 9.41. The molecule has 2 amide bonds. The Hall–Kier alpha value is -2.10. The summed E-state index contributed by atoms with van der Waals surface area (Å²) in [4.78, 5) is 27.4. The van der Waals surface area contributed by atoms with Gasteiger partial charge >= 0.3 is 0 Å². The minimum Gasteiger partial charge on any atom is -0.354 e. The summed E-state index contributed by atoms with van der Waals surface area (Å²) in [7, 11) is -3.76. The molecule has 2 aromatic rings. The number of carbonyl (C=O) groups excluding carboxylic acids is 2. The standard InChI is InChI=1S/C22H27BrClN3O4S/c1-4-11-25-22(29)16(2)26(14-17-7-5-9-19(24)12-17)21(28)15-27(32(3,30)31)20-10-6-8-18(23)13-20/h5-10,12-13,16H,4,11,14-15H2,1-3H3,(H,25,29)/t16-/m1/s1. The van der Waals surface area contributed by atoms with Crippen LogP contribution in [0.3, 0.4) is 0 Å². The van der Waals surface area contributed by atoms with Crippen molar-refractivity contribution in [3.05, 3.63) is 63.6 Å². The SMILES string of the molecule is CCCNC(=O)[C@@H](C)N(Cc1cccc(Cl)c1)C(=O)CN(c1cccc(Br)c1)S(C)(=O)=O. The Morgan fingerprint density at radius 1 is 1.16 bits per heavy atom. The van der Waals surface area contributed by atoms with Crippen molar-refractivity contribution in [2.24, 2.45) is 0 Å². The van der Waals surface area contributed by atoms with Crippen LogP contribution in [0.5, 0.6) is 0 Å². The Bertz CT molecular complexity index is 1060. The predicted octanol–water partition coefficient (Wildman–Crippen LogP) is 3.81. The molecule has 2 aromatic carbocycles. The summed E-state index contributed by atoms with van der Waals surface area (Å²) < 4.78 is 26.7. The second-order valence-corrected chi connectivity index (χ2v) is 10.6. The second-order valence-electron chi connectivity index (χ2n) is 7.37. The first kappa shape index (κ1) is 26.2. The maximum atomic E-state index is 13.4. The molecule has 0 aliphatic rings. The fourth-order valence-electron chi connectivity index (χ4n) is 3.06. The first-order valence-electron chi connectivity index (χ1n) is 10.1. The van der Waals surface area contributed by atoms with Gasteiger partial charge in [0, 0.05) is 22.6 Å². The van der Waals surface area contributed by atoms with E-state index >= 15 is 0 Å². The molecule has 32 heavy (non-hydrogen) atoms. The smallest absolute Gasteiger partial charge is 0.244 e. The topological polar surface area (TPSA) is 86.8 Å². The summed E-state index contributed by atoms with van der Waals surface area (Å²) in [5, 5.41) is 3.29. The predicted molar refractivity (Wildman–Crippen MR) is 131 cm³/mol. The van der Waals surface area contributed by atoms with Gasteiger partial charge in [-0.2, -0.15) is 0 Å². The zero-order chi connectivity index (χ0) is 23.9. The fraction of sp³-hybridized carbons (Fsp3) is 0.364. The number of nitrogens with zero attached hydrogens (tertiary/aromatic N) is 2. The van der Waals surface area contributed by atoms with E-state index in [1.165, 1.54) is 4.90 Å². The van der Waals surface area contributed by atoms with Crippen LogP contribution in [-0.4, -0.2) is 50.5 Å². The highest BCUT2D eigenvalue weighted by atomic mass is 79.9. The average molecular weight is 545 g/mol. The molecule has 2 rings (SSSR count). The van der Waals surface area contributed by atoms with Gasteiger partial charge in [0.1, 0.15) is 12.6 Å². The Labute approximate surface area is 202 Å². The van der Waals surface area contributed by atoms with E-state index in [2.05, 4.69) is 21.2 Å². The van der Waals surface area contributed by atoms with E-state index in [1.54, 1.807) is 55.5 Å². The lowest BCUT2D eigenvalue weighted by Gasteiger charge is -2.31. The van der Waals surface area contributed by atoms with E-state index in [0.717, 1.165) is 22.5 Å². The van der Waals surface area contributed by atoms with Crippen LogP contribution in [0.25, 0.3) is 0 Å². The number of hydrogen-bond acceptors (Lipinski definition) is 4. The van der Waals surface area contributed by atoms with Gasteiger partial charge in [0.25, 0.3) is 0 Å². The molecule has 174 valence electrons. The molecule has 0 aromatic heterocycles. The molecule has 7 nitrogen and oxygen atoms in total. The van der Waals surface area contributed by atoms with Crippen molar-refractivity contribution in [1.82, 2.24) is 10.2 Å². The lowest BCUT2D eigenvalue weighted by molar-refractivity contribution is -0.139. The molecule has 0 saturated heterocycles. The second kappa shape index (κ2) is 11.7. The molecule has 0 heterocycles. The Kier molecular flexibility index (Phi) is 9.54. The van der Waals surface area contributed by atoms with Crippen molar-refractivity contribution in [3.8, 4) is 0 Å². The van der Waals surface area contributed by atoms with E-state index in [0.29, 0.717) is 21.7 Å². The van der Waals surface area contributed by atoms with Crippen molar-refractivity contribution < 1.29 is 18.0 Å². The zero-order valence-corrected chi connectivity index (χ0v) is 21.4. The number of anilines is 1. The number of benzene rings is 2. The van der Waals surface area contributed by atoms with Gasteiger partial charge in [-0.15, -0.1) is 0 Å².